The highest BCUT2D eigenvalue weighted by Gasteiger charge is 2.15. The van der Waals surface area contributed by atoms with Gasteiger partial charge in [-0.15, -0.1) is 0 Å². The number of amides is 1. The summed E-state index contributed by atoms with van der Waals surface area (Å²) in [7, 11) is 0. The highest BCUT2D eigenvalue weighted by molar-refractivity contribution is 9.10. The van der Waals surface area contributed by atoms with Crippen LogP contribution in [0.5, 0.6) is 0 Å². The average molecular weight is 472 g/mol. The molecule has 0 saturated heterocycles. The van der Waals surface area contributed by atoms with Crippen LogP contribution in [0.15, 0.2) is 77.3 Å². The molecule has 4 aromatic rings. The molecule has 0 unspecified atom stereocenters. The summed E-state index contributed by atoms with van der Waals surface area (Å²) in [5.41, 5.74) is 3.44. The third kappa shape index (κ3) is 4.04. The van der Waals surface area contributed by atoms with Crippen molar-refractivity contribution >= 4 is 61.6 Å². The lowest BCUT2D eigenvalue weighted by Gasteiger charge is -2.11. The summed E-state index contributed by atoms with van der Waals surface area (Å²) >= 11 is 15.6. The molecule has 138 valence electrons. The van der Waals surface area contributed by atoms with Crippen LogP contribution in [-0.2, 0) is 0 Å². The van der Waals surface area contributed by atoms with Crippen LogP contribution in [-0.4, -0.2) is 10.9 Å². The van der Waals surface area contributed by atoms with Crippen LogP contribution in [0.3, 0.4) is 0 Å². The van der Waals surface area contributed by atoms with Gasteiger partial charge >= 0.3 is 0 Å². The molecule has 0 bridgehead atoms. The average Bonchev–Trinajstić information content (AvgIpc) is 2.66. The molecule has 1 amide bonds. The standard InChI is InChI=1S/C22H13BrCl2N2O/c23-14-5-3-4-13(8-14)21-12-19(18-6-1-2-7-20(18)27-21)22(28)26-17-10-15(24)9-16(25)11-17/h1-12H,(H,26,28). The summed E-state index contributed by atoms with van der Waals surface area (Å²) in [5, 5.41) is 4.56. The van der Waals surface area contributed by atoms with Gasteiger partial charge in [-0.25, -0.2) is 4.98 Å². The second-order valence-corrected chi connectivity index (χ2v) is 7.98. The summed E-state index contributed by atoms with van der Waals surface area (Å²) in [6.07, 6.45) is 0. The fourth-order valence-electron chi connectivity index (χ4n) is 2.98. The monoisotopic (exact) mass is 470 g/mol. The van der Waals surface area contributed by atoms with Crippen LogP contribution < -0.4 is 5.32 Å². The maximum atomic E-state index is 13.1. The minimum absolute atomic E-state index is 0.256. The molecule has 0 spiro atoms. The molecule has 3 aromatic carbocycles. The first-order valence-electron chi connectivity index (χ1n) is 8.43. The summed E-state index contributed by atoms with van der Waals surface area (Å²) in [6.45, 7) is 0. The fourth-order valence-corrected chi connectivity index (χ4v) is 3.91. The van der Waals surface area contributed by atoms with Crippen molar-refractivity contribution in [3.8, 4) is 11.3 Å². The van der Waals surface area contributed by atoms with E-state index in [1.807, 2.05) is 48.5 Å². The van der Waals surface area contributed by atoms with Gasteiger partial charge in [0.25, 0.3) is 5.91 Å². The molecule has 0 aliphatic rings. The van der Waals surface area contributed by atoms with Gasteiger partial charge in [0.15, 0.2) is 0 Å². The van der Waals surface area contributed by atoms with Gasteiger partial charge in [0.05, 0.1) is 16.8 Å². The Hall–Kier alpha value is -2.40. The van der Waals surface area contributed by atoms with E-state index >= 15 is 0 Å². The number of aromatic nitrogens is 1. The first-order chi connectivity index (χ1) is 13.5. The number of hydrogen-bond acceptors (Lipinski definition) is 2. The highest BCUT2D eigenvalue weighted by atomic mass is 79.9. The first-order valence-corrected chi connectivity index (χ1v) is 9.98. The van der Waals surface area contributed by atoms with E-state index in [-0.39, 0.29) is 5.91 Å². The van der Waals surface area contributed by atoms with Crippen molar-refractivity contribution in [2.24, 2.45) is 0 Å². The van der Waals surface area contributed by atoms with Crippen LogP contribution in [0.2, 0.25) is 10.0 Å². The smallest absolute Gasteiger partial charge is 0.256 e. The van der Waals surface area contributed by atoms with Crippen molar-refractivity contribution in [2.45, 2.75) is 0 Å². The molecule has 0 atom stereocenters. The number of hydrogen-bond donors (Lipinski definition) is 1. The first kappa shape index (κ1) is 18.9. The Kier molecular flexibility index (Phi) is 5.36. The van der Waals surface area contributed by atoms with Gasteiger partial charge in [-0.05, 0) is 42.5 Å². The minimum atomic E-state index is -0.256. The molecular formula is C22H13BrCl2N2O. The van der Waals surface area contributed by atoms with E-state index in [0.717, 1.165) is 20.9 Å². The normalized spacial score (nSPS) is 10.8. The summed E-state index contributed by atoms with van der Waals surface area (Å²) in [5.74, 6) is -0.256. The van der Waals surface area contributed by atoms with Gasteiger partial charge in [-0.2, -0.15) is 0 Å². The molecule has 0 aliphatic carbocycles. The van der Waals surface area contributed by atoms with Gasteiger partial charge in [-0.1, -0.05) is 69.5 Å². The van der Waals surface area contributed by atoms with Gasteiger partial charge in [-0.3, -0.25) is 4.79 Å². The van der Waals surface area contributed by atoms with E-state index in [9.17, 15) is 4.79 Å². The third-order valence-corrected chi connectivity index (χ3v) is 5.13. The van der Waals surface area contributed by atoms with Crippen molar-refractivity contribution in [3.63, 3.8) is 0 Å². The van der Waals surface area contributed by atoms with E-state index in [1.54, 1.807) is 24.3 Å². The predicted octanol–water partition coefficient (Wildman–Crippen LogP) is 7.22. The SMILES string of the molecule is O=C(Nc1cc(Cl)cc(Cl)c1)c1cc(-c2cccc(Br)c2)nc2ccccc12. The maximum absolute atomic E-state index is 13.1. The van der Waals surface area contributed by atoms with Gasteiger partial charge in [0.1, 0.15) is 0 Å². The number of carbonyl (C=O) groups is 1. The fraction of sp³-hybridized carbons (Fsp3) is 0. The van der Waals surface area contributed by atoms with E-state index < -0.39 is 0 Å². The number of rotatable bonds is 3. The number of pyridine rings is 1. The third-order valence-electron chi connectivity index (χ3n) is 4.20. The van der Waals surface area contributed by atoms with Crippen LogP contribution in [0.25, 0.3) is 22.2 Å². The molecule has 1 heterocycles. The predicted molar refractivity (Wildman–Crippen MR) is 119 cm³/mol. The largest absolute Gasteiger partial charge is 0.322 e. The van der Waals surface area contributed by atoms with Crippen molar-refractivity contribution in [1.29, 1.82) is 0 Å². The quantitative estimate of drug-likeness (QED) is 0.342. The Balaban J connectivity index is 1.81. The van der Waals surface area contributed by atoms with Crippen LogP contribution in [0.1, 0.15) is 10.4 Å². The number of para-hydroxylation sites is 1. The maximum Gasteiger partial charge on any atom is 0.256 e. The molecular weight excluding hydrogens is 459 g/mol. The van der Waals surface area contributed by atoms with Crippen LogP contribution in [0.4, 0.5) is 5.69 Å². The molecule has 1 aromatic heterocycles. The van der Waals surface area contributed by atoms with Gasteiger partial charge in [0, 0.05) is 31.2 Å². The van der Waals surface area contributed by atoms with Crippen LogP contribution in [0, 0.1) is 0 Å². The van der Waals surface area contributed by atoms with Crippen molar-refractivity contribution in [2.75, 3.05) is 5.32 Å². The topological polar surface area (TPSA) is 42.0 Å². The number of carbonyl (C=O) groups excluding carboxylic acids is 1. The number of fused-ring (bicyclic) bond motifs is 1. The summed E-state index contributed by atoms with van der Waals surface area (Å²) < 4.78 is 0.944. The number of nitrogens with zero attached hydrogens (tertiary/aromatic N) is 1. The lowest BCUT2D eigenvalue weighted by molar-refractivity contribution is 0.102. The molecule has 0 aliphatic heterocycles. The van der Waals surface area contributed by atoms with Gasteiger partial charge < -0.3 is 5.32 Å². The van der Waals surface area contributed by atoms with E-state index in [0.29, 0.717) is 27.0 Å². The Labute approximate surface area is 180 Å². The molecule has 3 nitrogen and oxygen atoms in total. The van der Waals surface area contributed by atoms with Crippen LogP contribution >= 0.6 is 39.1 Å². The Morgan fingerprint density at radius 3 is 2.39 bits per heavy atom. The molecule has 0 radical (unpaired) electrons. The molecule has 6 heteroatoms. The second kappa shape index (κ2) is 7.92. The number of halogens is 3. The Bertz CT molecular complexity index is 1190. The lowest BCUT2D eigenvalue weighted by atomic mass is 10.0. The summed E-state index contributed by atoms with van der Waals surface area (Å²) in [4.78, 5) is 17.8. The molecule has 4 rings (SSSR count). The van der Waals surface area contributed by atoms with Crippen molar-refractivity contribution in [3.05, 3.63) is 92.9 Å². The number of benzene rings is 3. The molecule has 0 saturated carbocycles. The number of nitrogens with one attached hydrogen (secondary N) is 1. The van der Waals surface area contributed by atoms with Crippen molar-refractivity contribution in [1.82, 2.24) is 4.98 Å². The Morgan fingerprint density at radius 1 is 0.893 bits per heavy atom. The zero-order chi connectivity index (χ0) is 19.7. The Morgan fingerprint density at radius 2 is 1.64 bits per heavy atom. The summed E-state index contributed by atoms with van der Waals surface area (Å²) in [6, 6.07) is 22.1. The van der Waals surface area contributed by atoms with Gasteiger partial charge in [0.2, 0.25) is 0 Å². The zero-order valence-electron chi connectivity index (χ0n) is 14.4. The molecule has 28 heavy (non-hydrogen) atoms. The molecule has 0 fully saturated rings. The highest BCUT2D eigenvalue weighted by Crippen LogP contribution is 2.28. The second-order valence-electron chi connectivity index (χ2n) is 6.19. The lowest BCUT2D eigenvalue weighted by Crippen LogP contribution is -2.13. The van der Waals surface area contributed by atoms with Crippen molar-refractivity contribution < 1.29 is 4.79 Å². The minimum Gasteiger partial charge on any atom is -0.322 e. The van der Waals surface area contributed by atoms with E-state index in [1.165, 1.54) is 0 Å². The zero-order valence-corrected chi connectivity index (χ0v) is 17.5. The number of anilines is 1. The van der Waals surface area contributed by atoms with E-state index in [4.69, 9.17) is 28.2 Å². The molecule has 1 N–H and O–H groups in total. The van der Waals surface area contributed by atoms with E-state index in [2.05, 4.69) is 21.2 Å².